The zero-order valence-corrected chi connectivity index (χ0v) is 25.9. The smallest absolute Gasteiger partial charge is 0.118 e. The van der Waals surface area contributed by atoms with Gasteiger partial charge in [-0.15, -0.1) is 5.73 Å². The summed E-state index contributed by atoms with van der Waals surface area (Å²) in [5.41, 5.74) is 8.29. The van der Waals surface area contributed by atoms with Crippen molar-refractivity contribution in [3.8, 4) is 0 Å². The van der Waals surface area contributed by atoms with Crippen LogP contribution >= 0.6 is 0 Å². The van der Waals surface area contributed by atoms with Gasteiger partial charge in [0.05, 0.1) is 7.11 Å². The summed E-state index contributed by atoms with van der Waals surface area (Å²) in [6, 6.07) is 0. The van der Waals surface area contributed by atoms with E-state index < -0.39 is 0 Å². The van der Waals surface area contributed by atoms with Gasteiger partial charge in [0, 0.05) is 0 Å². The van der Waals surface area contributed by atoms with Gasteiger partial charge in [0.2, 0.25) is 0 Å². The van der Waals surface area contributed by atoms with Crippen molar-refractivity contribution in [3.63, 3.8) is 0 Å². The maximum atomic E-state index is 5.41. The van der Waals surface area contributed by atoms with Crippen LogP contribution in [0.25, 0.3) is 0 Å². The summed E-state index contributed by atoms with van der Waals surface area (Å²) in [5.74, 6) is 2.77. The van der Waals surface area contributed by atoms with Crippen molar-refractivity contribution >= 4 is 0 Å². The highest BCUT2D eigenvalue weighted by atomic mass is 16.5. The number of ether oxygens (including phenoxy) is 1. The van der Waals surface area contributed by atoms with E-state index in [1.165, 1.54) is 17.6 Å². The molecule has 0 radical (unpaired) electrons. The average Bonchev–Trinajstić information content (AvgIpc) is 2.88. The molecule has 0 aromatic carbocycles. The van der Waals surface area contributed by atoms with Crippen LogP contribution in [0.4, 0.5) is 0 Å². The van der Waals surface area contributed by atoms with Crippen LogP contribution in [0.2, 0.25) is 0 Å². The summed E-state index contributed by atoms with van der Waals surface area (Å²) in [7, 11) is 1.72. The van der Waals surface area contributed by atoms with E-state index in [9.17, 15) is 0 Å². The highest BCUT2D eigenvalue weighted by Crippen LogP contribution is 2.28. The Morgan fingerprint density at radius 1 is 0.974 bits per heavy atom. The van der Waals surface area contributed by atoms with Crippen LogP contribution < -0.4 is 0 Å². The molecule has 0 bridgehead atoms. The molecule has 0 spiro atoms. The Bertz CT molecular complexity index is 937. The standard InChI is InChI=1S/C37H56O/c1-11-14-22-37(38-10)23-16-15-20-31(6)24-26-36(28-32(7)21-17-19-30(4)5)27-25-33(8)34(9)29-35(13-3)18-12-2/h13-19,21-23,26,31,33-34H,2,4,11,20,24-25,27-29H2,1,3,5-10H3. The van der Waals surface area contributed by atoms with Gasteiger partial charge in [-0.3, -0.25) is 0 Å². The minimum absolute atomic E-state index is 0.596. The first-order valence-corrected chi connectivity index (χ1v) is 14.4. The minimum atomic E-state index is 0.596. The lowest BCUT2D eigenvalue weighted by molar-refractivity contribution is 0.307. The molecule has 0 aliphatic rings. The van der Waals surface area contributed by atoms with Crippen molar-refractivity contribution in [3.05, 3.63) is 114 Å². The number of hydrogen-bond acceptors (Lipinski definition) is 1. The molecule has 0 aliphatic carbocycles. The van der Waals surface area contributed by atoms with Gasteiger partial charge in [0.1, 0.15) is 5.76 Å². The van der Waals surface area contributed by atoms with Crippen molar-refractivity contribution in [1.82, 2.24) is 0 Å². The van der Waals surface area contributed by atoms with Crippen LogP contribution in [0.1, 0.15) is 93.4 Å². The fourth-order valence-corrected chi connectivity index (χ4v) is 4.08. The van der Waals surface area contributed by atoms with Gasteiger partial charge in [-0.25, -0.2) is 0 Å². The third-order valence-corrected chi connectivity index (χ3v) is 6.87. The molecule has 0 aliphatic heterocycles. The predicted octanol–water partition coefficient (Wildman–Crippen LogP) is 11.6. The summed E-state index contributed by atoms with van der Waals surface area (Å²) >= 11 is 0. The molecule has 210 valence electrons. The Balaban J connectivity index is 5.32. The second-order valence-electron chi connectivity index (χ2n) is 10.8. The van der Waals surface area contributed by atoms with E-state index in [4.69, 9.17) is 4.74 Å². The first-order valence-electron chi connectivity index (χ1n) is 14.4. The quantitative estimate of drug-likeness (QED) is 0.0717. The summed E-state index contributed by atoms with van der Waals surface area (Å²) < 4.78 is 5.41. The molecule has 0 fully saturated rings. The lowest BCUT2D eigenvalue weighted by atomic mass is 9.84. The molecule has 0 saturated carbocycles. The average molecular weight is 517 g/mol. The normalized spacial score (nSPS) is 16.2. The van der Waals surface area contributed by atoms with Crippen molar-refractivity contribution in [2.75, 3.05) is 7.11 Å². The maximum Gasteiger partial charge on any atom is 0.118 e. The van der Waals surface area contributed by atoms with E-state index in [1.807, 2.05) is 25.2 Å². The maximum absolute atomic E-state index is 5.41. The van der Waals surface area contributed by atoms with Gasteiger partial charge < -0.3 is 4.74 Å². The Labute approximate surface area is 236 Å². The SMILES string of the molecule is C=C=CC(=CC)CC(C)C(C)CCC(=CCC(C)CC=CC=C(C=CCC)OC)CC(C)=CC=CC(=C)C. The van der Waals surface area contributed by atoms with Gasteiger partial charge in [-0.2, -0.15) is 0 Å². The number of rotatable bonds is 19. The topological polar surface area (TPSA) is 9.23 Å². The minimum Gasteiger partial charge on any atom is -0.497 e. The number of hydrogen-bond donors (Lipinski definition) is 0. The highest BCUT2D eigenvalue weighted by molar-refractivity contribution is 5.23. The van der Waals surface area contributed by atoms with Crippen molar-refractivity contribution in [2.24, 2.45) is 17.8 Å². The second-order valence-corrected chi connectivity index (χ2v) is 10.8. The Kier molecular flexibility index (Phi) is 20.6. The molecule has 0 rings (SSSR count). The van der Waals surface area contributed by atoms with E-state index in [-0.39, 0.29) is 0 Å². The number of allylic oxidation sites excluding steroid dienone is 15. The third-order valence-electron chi connectivity index (χ3n) is 6.87. The summed E-state index contributed by atoms with van der Waals surface area (Å²) in [5, 5.41) is 0. The highest BCUT2D eigenvalue weighted by Gasteiger charge is 2.14. The van der Waals surface area contributed by atoms with E-state index in [1.54, 1.807) is 12.7 Å². The van der Waals surface area contributed by atoms with Crippen LogP contribution in [0.5, 0.6) is 0 Å². The van der Waals surface area contributed by atoms with Gasteiger partial charge in [0.25, 0.3) is 0 Å². The Morgan fingerprint density at radius 3 is 2.32 bits per heavy atom. The molecule has 1 heteroatoms. The van der Waals surface area contributed by atoms with Crippen LogP contribution in [0.3, 0.4) is 0 Å². The lowest BCUT2D eigenvalue weighted by Crippen LogP contribution is -2.09. The molecule has 38 heavy (non-hydrogen) atoms. The first kappa shape index (κ1) is 35.2. The van der Waals surface area contributed by atoms with Gasteiger partial charge in [0.15, 0.2) is 0 Å². The van der Waals surface area contributed by atoms with Crippen LogP contribution in [0, 0.1) is 17.8 Å². The molecule has 0 heterocycles. The third kappa shape index (κ3) is 18.5. The van der Waals surface area contributed by atoms with E-state index in [0.29, 0.717) is 17.8 Å². The second kappa shape index (κ2) is 22.2. The van der Waals surface area contributed by atoms with Crippen LogP contribution in [-0.4, -0.2) is 7.11 Å². The molecular weight excluding hydrogens is 460 g/mol. The molecule has 0 saturated heterocycles. The molecule has 0 aromatic rings. The summed E-state index contributed by atoms with van der Waals surface area (Å²) in [6.45, 7) is 23.3. The van der Waals surface area contributed by atoms with Gasteiger partial charge in [-0.05, 0) is 107 Å². The van der Waals surface area contributed by atoms with Crippen LogP contribution in [0.15, 0.2) is 114 Å². The van der Waals surface area contributed by atoms with E-state index in [2.05, 4.69) is 109 Å². The first-order chi connectivity index (χ1) is 18.2. The zero-order chi connectivity index (χ0) is 28.8. The van der Waals surface area contributed by atoms with Gasteiger partial charge in [-0.1, -0.05) is 106 Å². The monoisotopic (exact) mass is 516 g/mol. The molecule has 3 unspecified atom stereocenters. The fourth-order valence-electron chi connectivity index (χ4n) is 4.08. The molecule has 0 aromatic heterocycles. The zero-order valence-electron chi connectivity index (χ0n) is 25.9. The molecule has 1 nitrogen and oxygen atoms in total. The van der Waals surface area contributed by atoms with Crippen molar-refractivity contribution in [1.29, 1.82) is 0 Å². The molecule has 0 N–H and O–H groups in total. The molecule has 0 amide bonds. The molecule has 3 atom stereocenters. The Hall–Kier alpha value is -2.76. The predicted molar refractivity (Wildman–Crippen MR) is 172 cm³/mol. The lowest BCUT2D eigenvalue weighted by Gasteiger charge is -2.21. The van der Waals surface area contributed by atoms with Crippen molar-refractivity contribution < 1.29 is 4.74 Å². The molecular formula is C37H56O. The van der Waals surface area contributed by atoms with E-state index in [0.717, 1.165) is 49.9 Å². The summed E-state index contributed by atoms with van der Waals surface area (Å²) in [4.78, 5) is 0. The summed E-state index contributed by atoms with van der Waals surface area (Å²) in [6.07, 6.45) is 31.3. The van der Waals surface area contributed by atoms with Crippen LogP contribution in [-0.2, 0) is 4.74 Å². The Morgan fingerprint density at radius 2 is 1.71 bits per heavy atom. The van der Waals surface area contributed by atoms with Crippen molar-refractivity contribution in [2.45, 2.75) is 93.4 Å². The number of methoxy groups -OCH3 is 1. The largest absolute Gasteiger partial charge is 0.497 e. The van der Waals surface area contributed by atoms with E-state index >= 15 is 0 Å². The van der Waals surface area contributed by atoms with Gasteiger partial charge >= 0.3 is 0 Å². The fraction of sp³-hybridized carbons (Fsp3) is 0.486.